The van der Waals surface area contributed by atoms with Gasteiger partial charge in [0.25, 0.3) is 0 Å². The van der Waals surface area contributed by atoms with Crippen LogP contribution in [0, 0.1) is 5.92 Å². The maximum atomic E-state index is 12.1. The van der Waals surface area contributed by atoms with Crippen LogP contribution < -0.4 is 0 Å². The molecule has 2 aromatic rings. The number of esters is 1. The lowest BCUT2D eigenvalue weighted by atomic mass is 9.95. The normalized spacial score (nSPS) is 12.9. The molecule has 0 radical (unpaired) electrons. The van der Waals surface area contributed by atoms with Crippen LogP contribution in [0.1, 0.15) is 32.5 Å². The smallest absolute Gasteiger partial charge is 0.316 e. The molecule has 19 heavy (non-hydrogen) atoms. The van der Waals surface area contributed by atoms with Gasteiger partial charge in [0.2, 0.25) is 0 Å². The first kappa shape index (κ1) is 14.0. The zero-order chi connectivity index (χ0) is 14.0. The Morgan fingerprint density at radius 3 is 2.79 bits per heavy atom. The van der Waals surface area contributed by atoms with E-state index in [2.05, 4.69) is 26.1 Å². The summed E-state index contributed by atoms with van der Waals surface area (Å²) in [7, 11) is 0. The molecule has 0 N–H and O–H groups in total. The second-order valence-corrected chi connectivity index (χ2v) is 5.52. The van der Waals surface area contributed by atoms with Gasteiger partial charge in [-0.2, -0.15) is 0 Å². The Labute approximate surface area is 120 Å². The maximum absolute atomic E-state index is 12.1. The highest BCUT2D eigenvalue weighted by atomic mass is 79.9. The summed E-state index contributed by atoms with van der Waals surface area (Å²) in [6.45, 7) is 6.11. The topological polar surface area (TPSA) is 56.5 Å². The summed E-state index contributed by atoms with van der Waals surface area (Å²) in [4.78, 5) is 12.1. The standard InChI is InChI=1S/C13H16BrN3O2/c1-4-19-13(18)11(8(2)3)12-16-15-10-6-5-9(14)7-17(10)12/h5-8,11H,4H2,1-3H3. The Morgan fingerprint density at radius 1 is 1.42 bits per heavy atom. The summed E-state index contributed by atoms with van der Waals surface area (Å²) < 4.78 is 7.87. The quantitative estimate of drug-likeness (QED) is 0.811. The van der Waals surface area contributed by atoms with Gasteiger partial charge in [-0.05, 0) is 40.9 Å². The zero-order valence-electron chi connectivity index (χ0n) is 11.1. The molecule has 0 bridgehead atoms. The maximum Gasteiger partial charge on any atom is 0.316 e. The summed E-state index contributed by atoms with van der Waals surface area (Å²) in [6.07, 6.45) is 1.86. The van der Waals surface area contributed by atoms with E-state index in [-0.39, 0.29) is 11.9 Å². The van der Waals surface area contributed by atoms with Crippen LogP contribution in [0.15, 0.2) is 22.8 Å². The first-order valence-corrected chi connectivity index (χ1v) is 7.00. The van der Waals surface area contributed by atoms with Crippen molar-refractivity contribution in [3.8, 4) is 0 Å². The van der Waals surface area contributed by atoms with Crippen LogP contribution in [-0.2, 0) is 9.53 Å². The van der Waals surface area contributed by atoms with E-state index in [9.17, 15) is 4.79 Å². The number of rotatable bonds is 4. The number of hydrogen-bond acceptors (Lipinski definition) is 4. The van der Waals surface area contributed by atoms with Gasteiger partial charge in [0.1, 0.15) is 5.92 Å². The van der Waals surface area contributed by atoms with Gasteiger partial charge in [-0.1, -0.05) is 13.8 Å². The molecule has 0 spiro atoms. The summed E-state index contributed by atoms with van der Waals surface area (Å²) >= 11 is 3.41. The van der Waals surface area contributed by atoms with Crippen molar-refractivity contribution in [3.63, 3.8) is 0 Å². The van der Waals surface area contributed by atoms with E-state index in [1.54, 1.807) is 6.92 Å². The number of halogens is 1. The third kappa shape index (κ3) is 2.78. The molecule has 2 aromatic heterocycles. The van der Waals surface area contributed by atoms with E-state index in [0.29, 0.717) is 18.1 Å². The van der Waals surface area contributed by atoms with Gasteiger partial charge in [0.15, 0.2) is 11.5 Å². The molecule has 0 fully saturated rings. The Morgan fingerprint density at radius 2 is 2.16 bits per heavy atom. The Hall–Kier alpha value is -1.43. The Bertz CT molecular complexity index is 595. The Kier molecular flexibility index (Phi) is 4.19. The van der Waals surface area contributed by atoms with E-state index < -0.39 is 5.92 Å². The van der Waals surface area contributed by atoms with Crippen LogP contribution in [-0.4, -0.2) is 27.2 Å². The first-order valence-electron chi connectivity index (χ1n) is 6.21. The molecule has 0 aromatic carbocycles. The summed E-state index contributed by atoms with van der Waals surface area (Å²) in [5, 5.41) is 8.24. The van der Waals surface area contributed by atoms with Gasteiger partial charge >= 0.3 is 5.97 Å². The van der Waals surface area contributed by atoms with Crippen molar-refractivity contribution in [2.75, 3.05) is 6.61 Å². The molecule has 0 aliphatic rings. The zero-order valence-corrected chi connectivity index (χ0v) is 12.7. The second kappa shape index (κ2) is 5.69. The molecule has 0 saturated carbocycles. The van der Waals surface area contributed by atoms with Gasteiger partial charge in [-0.15, -0.1) is 10.2 Å². The molecular formula is C13H16BrN3O2. The number of ether oxygens (including phenoxy) is 1. The largest absolute Gasteiger partial charge is 0.465 e. The average Bonchev–Trinajstić information content (AvgIpc) is 2.72. The van der Waals surface area contributed by atoms with Crippen molar-refractivity contribution in [2.45, 2.75) is 26.7 Å². The van der Waals surface area contributed by atoms with Crippen molar-refractivity contribution < 1.29 is 9.53 Å². The van der Waals surface area contributed by atoms with E-state index in [0.717, 1.165) is 4.47 Å². The lowest BCUT2D eigenvalue weighted by Gasteiger charge is -2.17. The highest BCUT2D eigenvalue weighted by Crippen LogP contribution is 2.26. The van der Waals surface area contributed by atoms with E-state index in [4.69, 9.17) is 4.74 Å². The fraction of sp³-hybridized carbons (Fsp3) is 0.462. The van der Waals surface area contributed by atoms with Gasteiger partial charge in [-0.3, -0.25) is 9.20 Å². The molecule has 0 saturated heterocycles. The molecule has 6 heteroatoms. The van der Waals surface area contributed by atoms with Gasteiger partial charge in [-0.25, -0.2) is 0 Å². The number of nitrogens with zero attached hydrogens (tertiary/aromatic N) is 3. The van der Waals surface area contributed by atoms with Crippen molar-refractivity contribution in [2.24, 2.45) is 5.92 Å². The fourth-order valence-electron chi connectivity index (χ4n) is 2.00. The predicted octanol–water partition coefficient (Wildman–Crippen LogP) is 2.79. The van der Waals surface area contributed by atoms with E-state index in [1.807, 2.05) is 36.6 Å². The predicted molar refractivity (Wildman–Crippen MR) is 74.9 cm³/mol. The van der Waals surface area contributed by atoms with Crippen LogP contribution in [0.4, 0.5) is 0 Å². The SMILES string of the molecule is CCOC(=O)C(c1nnc2ccc(Br)cn12)C(C)C. The average molecular weight is 326 g/mol. The second-order valence-electron chi connectivity index (χ2n) is 4.61. The van der Waals surface area contributed by atoms with Crippen molar-refractivity contribution in [1.29, 1.82) is 0 Å². The number of carbonyl (C=O) groups excluding carboxylic acids is 1. The lowest BCUT2D eigenvalue weighted by molar-refractivity contribution is -0.146. The van der Waals surface area contributed by atoms with Crippen LogP contribution in [0.5, 0.6) is 0 Å². The van der Waals surface area contributed by atoms with Crippen molar-refractivity contribution in [3.05, 3.63) is 28.6 Å². The molecule has 1 atom stereocenters. The monoisotopic (exact) mass is 325 g/mol. The van der Waals surface area contributed by atoms with Gasteiger partial charge in [0.05, 0.1) is 6.61 Å². The minimum Gasteiger partial charge on any atom is -0.465 e. The molecular weight excluding hydrogens is 310 g/mol. The third-order valence-electron chi connectivity index (χ3n) is 2.88. The molecule has 0 aliphatic carbocycles. The number of hydrogen-bond donors (Lipinski definition) is 0. The van der Waals surface area contributed by atoms with Crippen LogP contribution in [0.25, 0.3) is 5.65 Å². The van der Waals surface area contributed by atoms with Crippen molar-refractivity contribution in [1.82, 2.24) is 14.6 Å². The first-order chi connectivity index (χ1) is 9.04. The molecule has 1 unspecified atom stereocenters. The van der Waals surface area contributed by atoms with E-state index >= 15 is 0 Å². The molecule has 102 valence electrons. The summed E-state index contributed by atoms with van der Waals surface area (Å²) in [5.41, 5.74) is 0.716. The van der Waals surface area contributed by atoms with Crippen LogP contribution >= 0.6 is 15.9 Å². The van der Waals surface area contributed by atoms with Crippen molar-refractivity contribution >= 4 is 27.5 Å². The van der Waals surface area contributed by atoms with Crippen LogP contribution in [0.3, 0.4) is 0 Å². The molecule has 5 nitrogen and oxygen atoms in total. The molecule has 2 rings (SSSR count). The third-order valence-corrected chi connectivity index (χ3v) is 3.35. The minimum atomic E-state index is -0.413. The highest BCUT2D eigenvalue weighted by molar-refractivity contribution is 9.10. The van der Waals surface area contributed by atoms with E-state index in [1.165, 1.54) is 0 Å². The highest BCUT2D eigenvalue weighted by Gasteiger charge is 2.30. The number of aromatic nitrogens is 3. The fourth-order valence-corrected chi connectivity index (χ4v) is 2.34. The van der Waals surface area contributed by atoms with Gasteiger partial charge < -0.3 is 4.74 Å². The minimum absolute atomic E-state index is 0.0884. The van der Waals surface area contributed by atoms with Crippen LogP contribution in [0.2, 0.25) is 0 Å². The Balaban J connectivity index is 2.50. The number of pyridine rings is 1. The molecule has 0 amide bonds. The summed E-state index contributed by atoms with van der Waals surface area (Å²) in [6, 6.07) is 3.74. The summed E-state index contributed by atoms with van der Waals surface area (Å²) in [5.74, 6) is 0.0335. The molecule has 0 aliphatic heterocycles. The number of carbonyl (C=O) groups is 1. The lowest BCUT2D eigenvalue weighted by Crippen LogP contribution is -2.23. The number of fused-ring (bicyclic) bond motifs is 1. The molecule has 2 heterocycles. The van der Waals surface area contributed by atoms with Gasteiger partial charge in [0, 0.05) is 10.7 Å².